The Morgan fingerprint density at radius 2 is 1.84 bits per heavy atom. The summed E-state index contributed by atoms with van der Waals surface area (Å²) in [6, 6.07) is 10.2. The Morgan fingerprint density at radius 1 is 1.12 bits per heavy atom. The number of rotatable bonds is 3. The Morgan fingerprint density at radius 3 is 2.48 bits per heavy atom. The maximum absolute atomic E-state index is 13.4. The minimum absolute atomic E-state index is 0.0455. The van der Waals surface area contributed by atoms with E-state index in [-0.39, 0.29) is 22.5 Å². The molecule has 0 saturated carbocycles. The highest BCUT2D eigenvalue weighted by atomic mass is 79.9. The van der Waals surface area contributed by atoms with Crippen molar-refractivity contribution in [2.45, 2.75) is 6.18 Å². The van der Waals surface area contributed by atoms with E-state index in [2.05, 4.69) is 15.9 Å². The molecule has 4 nitrogen and oxygen atoms in total. The number of methoxy groups -OCH3 is 1. The molecule has 0 saturated heterocycles. The fourth-order valence-electron chi connectivity index (χ4n) is 2.20. The largest absolute Gasteiger partial charge is 0.497 e. The van der Waals surface area contributed by atoms with E-state index in [1.54, 1.807) is 18.2 Å². The van der Waals surface area contributed by atoms with E-state index in [0.717, 1.165) is 0 Å². The SMILES string of the molecule is COc1ccc2c(=O)c(Oc3ccccc3Br)c(C(F)(F)F)oc2c1. The van der Waals surface area contributed by atoms with Gasteiger partial charge in [0.2, 0.25) is 11.2 Å². The van der Waals surface area contributed by atoms with Crippen LogP contribution in [0.15, 0.2) is 56.1 Å². The van der Waals surface area contributed by atoms with Crippen LogP contribution in [0.2, 0.25) is 0 Å². The fraction of sp³-hybridized carbons (Fsp3) is 0.118. The van der Waals surface area contributed by atoms with Crippen LogP contribution in [0.3, 0.4) is 0 Å². The highest BCUT2D eigenvalue weighted by molar-refractivity contribution is 9.10. The van der Waals surface area contributed by atoms with E-state index in [9.17, 15) is 18.0 Å². The summed E-state index contributed by atoms with van der Waals surface area (Å²) >= 11 is 3.17. The van der Waals surface area contributed by atoms with Gasteiger partial charge in [-0.25, -0.2) is 0 Å². The van der Waals surface area contributed by atoms with Crippen molar-refractivity contribution in [2.24, 2.45) is 0 Å². The van der Waals surface area contributed by atoms with E-state index >= 15 is 0 Å². The quantitative estimate of drug-likeness (QED) is 0.577. The van der Waals surface area contributed by atoms with Gasteiger partial charge in [-0.3, -0.25) is 4.79 Å². The second-order valence-electron chi connectivity index (χ2n) is 4.98. The van der Waals surface area contributed by atoms with E-state index < -0.39 is 23.1 Å². The Balaban J connectivity index is 2.27. The van der Waals surface area contributed by atoms with E-state index in [1.807, 2.05) is 0 Å². The van der Waals surface area contributed by atoms with Gasteiger partial charge in [0.25, 0.3) is 5.76 Å². The highest BCUT2D eigenvalue weighted by Crippen LogP contribution is 2.39. The van der Waals surface area contributed by atoms with E-state index in [4.69, 9.17) is 13.9 Å². The number of hydrogen-bond acceptors (Lipinski definition) is 4. The Labute approximate surface area is 147 Å². The zero-order valence-electron chi connectivity index (χ0n) is 12.7. The average molecular weight is 415 g/mol. The van der Waals surface area contributed by atoms with Crippen LogP contribution >= 0.6 is 15.9 Å². The lowest BCUT2D eigenvalue weighted by molar-refractivity contribution is -0.154. The van der Waals surface area contributed by atoms with E-state index in [1.165, 1.54) is 31.4 Å². The lowest BCUT2D eigenvalue weighted by atomic mass is 10.2. The topological polar surface area (TPSA) is 48.7 Å². The predicted molar refractivity (Wildman–Crippen MR) is 88.3 cm³/mol. The monoisotopic (exact) mass is 414 g/mol. The minimum Gasteiger partial charge on any atom is -0.497 e. The first-order valence-electron chi connectivity index (χ1n) is 6.95. The number of alkyl halides is 3. The van der Waals surface area contributed by atoms with Crippen LogP contribution in [0.4, 0.5) is 13.2 Å². The second kappa shape index (κ2) is 6.44. The molecule has 3 rings (SSSR count). The summed E-state index contributed by atoms with van der Waals surface area (Å²) in [7, 11) is 1.36. The first-order chi connectivity index (χ1) is 11.8. The van der Waals surface area contributed by atoms with Crippen LogP contribution in [-0.4, -0.2) is 7.11 Å². The molecule has 130 valence electrons. The normalized spacial score (nSPS) is 11.6. The van der Waals surface area contributed by atoms with Gasteiger partial charge in [0.1, 0.15) is 17.1 Å². The summed E-state index contributed by atoms with van der Waals surface area (Å²) < 4.78 is 55.7. The summed E-state index contributed by atoms with van der Waals surface area (Å²) in [6.45, 7) is 0. The van der Waals surface area contributed by atoms with Gasteiger partial charge in [0.15, 0.2) is 0 Å². The summed E-state index contributed by atoms with van der Waals surface area (Å²) in [5.74, 6) is -2.09. The molecule has 2 aromatic carbocycles. The standard InChI is InChI=1S/C17H10BrF3O4/c1-23-9-6-7-10-13(8-9)25-16(17(19,20)21)15(14(10)22)24-12-5-3-2-4-11(12)18/h2-8H,1H3. The van der Waals surface area contributed by atoms with Crippen LogP contribution in [-0.2, 0) is 6.18 Å². The maximum atomic E-state index is 13.4. The van der Waals surface area contributed by atoms with Crippen molar-refractivity contribution in [1.82, 2.24) is 0 Å². The molecule has 1 heterocycles. The molecule has 0 N–H and O–H groups in total. The van der Waals surface area contributed by atoms with Crippen LogP contribution in [0.25, 0.3) is 11.0 Å². The lowest BCUT2D eigenvalue weighted by Gasteiger charge is -2.14. The number of para-hydroxylation sites is 1. The third-order valence-corrected chi connectivity index (χ3v) is 4.02. The van der Waals surface area contributed by atoms with Crippen molar-refractivity contribution in [3.8, 4) is 17.2 Å². The van der Waals surface area contributed by atoms with Crippen molar-refractivity contribution in [3.63, 3.8) is 0 Å². The molecular weight excluding hydrogens is 405 g/mol. The number of ether oxygens (including phenoxy) is 2. The van der Waals surface area contributed by atoms with Crippen molar-refractivity contribution in [3.05, 3.63) is 62.9 Å². The van der Waals surface area contributed by atoms with Gasteiger partial charge in [-0.15, -0.1) is 0 Å². The van der Waals surface area contributed by atoms with Gasteiger partial charge >= 0.3 is 6.18 Å². The van der Waals surface area contributed by atoms with Crippen molar-refractivity contribution in [2.75, 3.05) is 7.11 Å². The van der Waals surface area contributed by atoms with Gasteiger partial charge in [0, 0.05) is 6.07 Å². The van der Waals surface area contributed by atoms with Crippen molar-refractivity contribution < 1.29 is 27.1 Å². The maximum Gasteiger partial charge on any atom is 0.453 e. The zero-order valence-corrected chi connectivity index (χ0v) is 14.3. The Hall–Kier alpha value is -2.48. The number of fused-ring (bicyclic) bond motifs is 1. The van der Waals surface area contributed by atoms with Crippen LogP contribution in [0.5, 0.6) is 17.2 Å². The second-order valence-corrected chi connectivity index (χ2v) is 5.84. The molecule has 3 aromatic rings. The van der Waals surface area contributed by atoms with Crippen molar-refractivity contribution in [1.29, 1.82) is 0 Å². The minimum atomic E-state index is -4.91. The highest BCUT2D eigenvalue weighted by Gasteiger charge is 2.40. The summed E-state index contributed by atoms with van der Waals surface area (Å²) in [6.07, 6.45) is -4.91. The zero-order chi connectivity index (χ0) is 18.2. The van der Waals surface area contributed by atoms with Gasteiger partial charge in [-0.05, 0) is 40.2 Å². The van der Waals surface area contributed by atoms with Gasteiger partial charge in [0.05, 0.1) is 17.0 Å². The van der Waals surface area contributed by atoms with Crippen LogP contribution < -0.4 is 14.9 Å². The van der Waals surface area contributed by atoms with Gasteiger partial charge < -0.3 is 13.9 Å². The lowest BCUT2D eigenvalue weighted by Crippen LogP contribution is -2.15. The van der Waals surface area contributed by atoms with Gasteiger partial charge in [-0.1, -0.05) is 12.1 Å². The first-order valence-corrected chi connectivity index (χ1v) is 7.75. The molecule has 0 radical (unpaired) electrons. The molecule has 25 heavy (non-hydrogen) atoms. The smallest absolute Gasteiger partial charge is 0.453 e. The third kappa shape index (κ3) is 3.34. The molecule has 0 aliphatic heterocycles. The average Bonchev–Trinajstić information content (AvgIpc) is 2.57. The van der Waals surface area contributed by atoms with Crippen molar-refractivity contribution >= 4 is 26.9 Å². The molecule has 0 bridgehead atoms. The third-order valence-electron chi connectivity index (χ3n) is 3.36. The molecule has 8 heteroatoms. The molecule has 0 aliphatic carbocycles. The molecule has 1 aromatic heterocycles. The molecule has 0 amide bonds. The van der Waals surface area contributed by atoms with E-state index in [0.29, 0.717) is 4.47 Å². The van der Waals surface area contributed by atoms with Crippen LogP contribution in [0, 0.1) is 0 Å². The molecular formula is C17H10BrF3O4. The molecule has 0 atom stereocenters. The fourth-order valence-corrected chi connectivity index (χ4v) is 2.57. The predicted octanol–water partition coefficient (Wildman–Crippen LogP) is 5.38. The summed E-state index contributed by atoms with van der Waals surface area (Å²) in [5.41, 5.74) is -1.16. The summed E-state index contributed by atoms with van der Waals surface area (Å²) in [4.78, 5) is 12.6. The number of hydrogen-bond donors (Lipinski definition) is 0. The number of halogens is 4. The molecule has 0 spiro atoms. The Kier molecular flexibility index (Phi) is 4.47. The van der Waals surface area contributed by atoms with Crippen LogP contribution in [0.1, 0.15) is 5.76 Å². The Bertz CT molecular complexity index is 995. The molecule has 0 unspecified atom stereocenters. The number of benzene rings is 2. The summed E-state index contributed by atoms with van der Waals surface area (Å²) in [5, 5.41) is -0.0455. The molecule has 0 fully saturated rings. The first kappa shape index (κ1) is 17.3. The molecule has 0 aliphatic rings. The van der Waals surface area contributed by atoms with Gasteiger partial charge in [-0.2, -0.15) is 13.2 Å².